The molecule has 3 heterocycles. The third kappa shape index (κ3) is 5.25. The van der Waals surface area contributed by atoms with E-state index in [0.717, 1.165) is 38.2 Å². The number of nitrogens with zero attached hydrogens (tertiary/aromatic N) is 5. The van der Waals surface area contributed by atoms with Crippen LogP contribution in [0.15, 0.2) is 24.8 Å². The van der Waals surface area contributed by atoms with Gasteiger partial charge in [-0.2, -0.15) is 5.10 Å². The molecule has 0 spiro atoms. The lowest BCUT2D eigenvalue weighted by Gasteiger charge is -2.17. The normalized spacial score (nSPS) is 22.9. The fraction of sp³-hybridized carbons (Fsp3) is 0.550. The van der Waals surface area contributed by atoms with Gasteiger partial charge in [-0.05, 0) is 37.7 Å². The van der Waals surface area contributed by atoms with Crippen molar-refractivity contribution in [1.82, 2.24) is 24.6 Å². The lowest BCUT2D eigenvalue weighted by Crippen LogP contribution is -2.31. The van der Waals surface area contributed by atoms with E-state index in [9.17, 15) is 14.0 Å². The maximum Gasteiger partial charge on any atom is 0.244 e. The highest BCUT2D eigenvalue weighted by Gasteiger charge is 2.35. The topological polar surface area (TPSA) is 128 Å². The van der Waals surface area contributed by atoms with Gasteiger partial charge in [-0.1, -0.05) is 0 Å². The minimum absolute atomic E-state index is 0.0169. The van der Waals surface area contributed by atoms with Gasteiger partial charge >= 0.3 is 0 Å². The van der Waals surface area contributed by atoms with Crippen molar-refractivity contribution in [2.24, 2.45) is 11.1 Å². The molecule has 1 aliphatic carbocycles. The third-order valence-electron chi connectivity index (χ3n) is 5.86. The molecule has 2 aromatic heterocycles. The number of ketones is 1. The summed E-state index contributed by atoms with van der Waals surface area (Å²) in [7, 11) is 0. The quantitative estimate of drug-likeness (QED) is 0.324. The van der Waals surface area contributed by atoms with E-state index in [4.69, 9.17) is 9.32 Å². The minimum atomic E-state index is -1.10. The van der Waals surface area contributed by atoms with Crippen molar-refractivity contribution in [2.45, 2.75) is 44.4 Å². The van der Waals surface area contributed by atoms with Crippen LogP contribution in [0.2, 0.25) is 0 Å². The van der Waals surface area contributed by atoms with Crippen LogP contribution in [0.1, 0.15) is 41.7 Å². The Balaban J connectivity index is 1.43. The first-order valence-electron chi connectivity index (χ1n) is 10.6. The SMILES string of the molecule is NSOCC1CC(F)C(Nc2ncncc2C(=O)c2ccn(CC(=O)N3CCCC3)n2)C1. The molecule has 1 saturated heterocycles. The van der Waals surface area contributed by atoms with Crippen LogP contribution in [0.3, 0.4) is 0 Å². The highest BCUT2D eigenvalue weighted by atomic mass is 32.2. The zero-order valence-corrected chi connectivity index (χ0v) is 18.3. The van der Waals surface area contributed by atoms with Crippen molar-refractivity contribution in [3.8, 4) is 0 Å². The maximum atomic E-state index is 14.5. The van der Waals surface area contributed by atoms with Gasteiger partial charge < -0.3 is 14.4 Å². The Hall–Kier alpha value is -2.57. The summed E-state index contributed by atoms with van der Waals surface area (Å²) in [4.78, 5) is 35.3. The van der Waals surface area contributed by atoms with Crippen LogP contribution in [-0.2, 0) is 15.5 Å². The molecular weight excluding hydrogens is 437 g/mol. The molecule has 2 fully saturated rings. The Morgan fingerprint density at radius 2 is 2.12 bits per heavy atom. The van der Waals surface area contributed by atoms with Gasteiger partial charge in [-0.15, -0.1) is 0 Å². The first kappa shape index (κ1) is 22.6. The van der Waals surface area contributed by atoms with Crippen LogP contribution < -0.4 is 10.5 Å². The van der Waals surface area contributed by atoms with E-state index < -0.39 is 18.0 Å². The number of alkyl halides is 1. The van der Waals surface area contributed by atoms with Gasteiger partial charge in [-0.25, -0.2) is 14.4 Å². The molecule has 4 rings (SSSR count). The van der Waals surface area contributed by atoms with E-state index >= 15 is 0 Å². The Kier molecular flexibility index (Phi) is 7.33. The summed E-state index contributed by atoms with van der Waals surface area (Å²) in [5, 5.41) is 12.6. The lowest BCUT2D eigenvalue weighted by atomic mass is 10.1. The molecule has 12 heteroatoms. The number of nitrogens with one attached hydrogen (secondary N) is 1. The zero-order valence-electron chi connectivity index (χ0n) is 17.5. The first-order chi connectivity index (χ1) is 15.5. The molecule has 0 bridgehead atoms. The fourth-order valence-corrected chi connectivity index (χ4v) is 4.48. The maximum absolute atomic E-state index is 14.5. The number of hydrogen-bond acceptors (Lipinski definition) is 9. The number of carbonyl (C=O) groups excluding carboxylic acids is 2. The minimum Gasteiger partial charge on any atom is -0.364 e. The molecule has 3 N–H and O–H groups in total. The van der Waals surface area contributed by atoms with Crippen molar-refractivity contribution >= 4 is 29.7 Å². The van der Waals surface area contributed by atoms with Crippen molar-refractivity contribution in [3.63, 3.8) is 0 Å². The predicted molar refractivity (Wildman–Crippen MR) is 116 cm³/mol. The summed E-state index contributed by atoms with van der Waals surface area (Å²) >= 11 is 0.771. The summed E-state index contributed by atoms with van der Waals surface area (Å²) in [5.41, 5.74) is 0.375. The summed E-state index contributed by atoms with van der Waals surface area (Å²) in [6.45, 7) is 1.97. The number of hydrogen-bond donors (Lipinski definition) is 2. The van der Waals surface area contributed by atoms with Crippen molar-refractivity contribution in [2.75, 3.05) is 25.0 Å². The third-order valence-corrected chi connectivity index (χ3v) is 6.13. The Labute approximate surface area is 189 Å². The number of carbonyl (C=O) groups is 2. The number of likely N-dealkylation sites (tertiary alicyclic amines) is 1. The Morgan fingerprint density at radius 3 is 2.91 bits per heavy atom. The molecule has 0 radical (unpaired) electrons. The largest absolute Gasteiger partial charge is 0.364 e. The van der Waals surface area contributed by atoms with Gasteiger partial charge in [0.2, 0.25) is 11.7 Å². The van der Waals surface area contributed by atoms with E-state index in [1.807, 2.05) is 0 Å². The first-order valence-corrected chi connectivity index (χ1v) is 11.4. The van der Waals surface area contributed by atoms with Gasteiger partial charge in [0.15, 0.2) is 0 Å². The number of halogens is 1. The smallest absolute Gasteiger partial charge is 0.244 e. The van der Waals surface area contributed by atoms with Crippen molar-refractivity contribution in [3.05, 3.63) is 36.0 Å². The highest BCUT2D eigenvalue weighted by Crippen LogP contribution is 2.32. The summed E-state index contributed by atoms with van der Waals surface area (Å²) in [5.74, 6) is -0.122. The summed E-state index contributed by atoms with van der Waals surface area (Å²) in [6, 6.07) is 1.06. The predicted octanol–water partition coefficient (Wildman–Crippen LogP) is 1.59. The average molecular weight is 464 g/mol. The van der Waals surface area contributed by atoms with Crippen LogP contribution in [0.25, 0.3) is 0 Å². The summed E-state index contributed by atoms with van der Waals surface area (Å²) in [6.07, 6.45) is 6.11. The molecule has 1 saturated carbocycles. The van der Waals surface area contributed by atoms with Crippen LogP contribution in [0.4, 0.5) is 10.2 Å². The van der Waals surface area contributed by atoms with Crippen LogP contribution in [0.5, 0.6) is 0 Å². The molecule has 0 aromatic carbocycles. The van der Waals surface area contributed by atoms with E-state index in [1.54, 1.807) is 17.2 Å². The number of anilines is 1. The zero-order chi connectivity index (χ0) is 22.5. The van der Waals surface area contributed by atoms with Gasteiger partial charge in [0, 0.05) is 25.5 Å². The fourth-order valence-electron chi connectivity index (χ4n) is 4.21. The van der Waals surface area contributed by atoms with Crippen molar-refractivity contribution in [1.29, 1.82) is 0 Å². The number of rotatable bonds is 9. The molecule has 10 nitrogen and oxygen atoms in total. The van der Waals surface area contributed by atoms with Gasteiger partial charge in [0.1, 0.15) is 30.6 Å². The monoisotopic (exact) mass is 463 g/mol. The molecular formula is C20H26FN7O3S. The Bertz CT molecular complexity index is 953. The van der Waals surface area contributed by atoms with Crippen LogP contribution in [0, 0.1) is 5.92 Å². The van der Waals surface area contributed by atoms with Crippen LogP contribution >= 0.6 is 12.2 Å². The molecule has 3 unspecified atom stereocenters. The average Bonchev–Trinajstić information content (AvgIpc) is 3.54. The van der Waals surface area contributed by atoms with E-state index in [-0.39, 0.29) is 35.4 Å². The molecule has 1 amide bonds. The second-order valence-electron chi connectivity index (χ2n) is 8.09. The molecule has 2 aromatic rings. The molecule has 172 valence electrons. The van der Waals surface area contributed by atoms with Gasteiger partial charge in [0.25, 0.3) is 0 Å². The molecule has 32 heavy (non-hydrogen) atoms. The van der Waals surface area contributed by atoms with Crippen LogP contribution in [-0.4, -0.2) is 68.2 Å². The Morgan fingerprint density at radius 1 is 1.31 bits per heavy atom. The molecule has 1 aliphatic heterocycles. The van der Waals surface area contributed by atoms with Gasteiger partial charge in [0.05, 0.1) is 30.4 Å². The lowest BCUT2D eigenvalue weighted by molar-refractivity contribution is -0.130. The summed E-state index contributed by atoms with van der Waals surface area (Å²) < 4.78 is 21.1. The van der Waals surface area contributed by atoms with E-state index in [1.165, 1.54) is 17.2 Å². The number of aromatic nitrogens is 4. The molecule has 3 atom stereocenters. The standard InChI is InChI=1S/C20H26FN7O3S/c21-15-7-13(11-31-32-22)8-17(15)25-20-14(9-23-12-24-20)19(30)16-3-6-28(26-16)10-18(29)27-4-1-2-5-27/h3,6,9,12-13,15,17H,1-2,4-5,7-8,10-11,22H2,(H,23,24,25). The number of nitrogens with two attached hydrogens (primary N) is 1. The van der Waals surface area contributed by atoms with Crippen molar-refractivity contribution < 1.29 is 18.2 Å². The highest BCUT2D eigenvalue weighted by molar-refractivity contribution is 7.92. The second kappa shape index (κ2) is 10.4. The van der Waals surface area contributed by atoms with E-state index in [0.29, 0.717) is 19.4 Å². The van der Waals surface area contributed by atoms with Gasteiger partial charge in [-0.3, -0.25) is 19.4 Å². The van der Waals surface area contributed by atoms with E-state index in [2.05, 4.69) is 20.4 Å². The molecule has 2 aliphatic rings. The second-order valence-corrected chi connectivity index (χ2v) is 8.51. The number of amides is 1.